The quantitative estimate of drug-likeness (QED) is 0.652. The van der Waals surface area contributed by atoms with Crippen LogP contribution in [0.5, 0.6) is 0 Å². The van der Waals surface area contributed by atoms with Crippen LogP contribution in [0.1, 0.15) is 28.3 Å². The molecule has 1 aromatic heterocycles. The van der Waals surface area contributed by atoms with Crippen LogP contribution in [0.3, 0.4) is 0 Å². The van der Waals surface area contributed by atoms with Crippen LogP contribution in [0.4, 0.5) is 0 Å². The molecule has 3 N–H and O–H groups in total. The monoisotopic (exact) mass is 253 g/mol. The molecule has 0 aliphatic heterocycles. The minimum atomic E-state index is 0.168. The molecule has 0 saturated carbocycles. The van der Waals surface area contributed by atoms with E-state index in [-0.39, 0.29) is 6.04 Å². The van der Waals surface area contributed by atoms with Gasteiger partial charge >= 0.3 is 0 Å². The normalized spacial score (nSPS) is 16.3. The number of nitrogens with two attached hydrogens (primary N) is 1. The van der Waals surface area contributed by atoms with E-state index in [1.54, 1.807) is 0 Å². The molecular weight excluding hydrogens is 234 g/mol. The van der Waals surface area contributed by atoms with E-state index < -0.39 is 0 Å². The molecule has 19 heavy (non-hydrogen) atoms. The van der Waals surface area contributed by atoms with Crippen molar-refractivity contribution in [2.75, 3.05) is 0 Å². The maximum Gasteiger partial charge on any atom is 0.0512 e. The number of pyridine rings is 1. The Balaban J connectivity index is 1.88. The van der Waals surface area contributed by atoms with Gasteiger partial charge < -0.3 is 0 Å². The predicted molar refractivity (Wildman–Crippen MR) is 76.4 cm³/mol. The molecule has 1 heterocycles. The van der Waals surface area contributed by atoms with Crippen molar-refractivity contribution < 1.29 is 0 Å². The lowest BCUT2D eigenvalue weighted by Gasteiger charge is -2.24. The van der Waals surface area contributed by atoms with Crippen LogP contribution in [-0.4, -0.2) is 4.98 Å². The second-order valence-corrected chi connectivity index (χ2v) is 5.31. The molecular formula is C16H19N3. The number of nitrogens with one attached hydrogen (secondary N) is 1. The van der Waals surface area contributed by atoms with Gasteiger partial charge in [-0.1, -0.05) is 24.3 Å². The number of nitrogens with zero attached hydrogens (tertiary/aromatic N) is 1. The lowest BCUT2D eigenvalue weighted by molar-refractivity contribution is 0.377. The van der Waals surface area contributed by atoms with Gasteiger partial charge in [-0.25, -0.2) is 0 Å². The van der Waals surface area contributed by atoms with Gasteiger partial charge in [0.2, 0.25) is 0 Å². The van der Waals surface area contributed by atoms with Crippen LogP contribution in [0.25, 0.3) is 0 Å². The molecule has 0 fully saturated rings. The molecule has 2 aromatic rings. The second-order valence-electron chi connectivity index (χ2n) is 5.31. The number of hydrogen-bond acceptors (Lipinski definition) is 3. The van der Waals surface area contributed by atoms with E-state index >= 15 is 0 Å². The number of benzene rings is 1. The first-order valence-corrected chi connectivity index (χ1v) is 6.73. The smallest absolute Gasteiger partial charge is 0.0512 e. The van der Waals surface area contributed by atoms with E-state index in [2.05, 4.69) is 41.6 Å². The zero-order valence-electron chi connectivity index (χ0n) is 11.1. The van der Waals surface area contributed by atoms with Crippen molar-refractivity contribution >= 4 is 0 Å². The summed E-state index contributed by atoms with van der Waals surface area (Å²) in [5.74, 6) is 6.32. The van der Waals surface area contributed by atoms with E-state index in [9.17, 15) is 0 Å². The van der Waals surface area contributed by atoms with Crippen LogP contribution < -0.4 is 11.3 Å². The van der Waals surface area contributed by atoms with Gasteiger partial charge in [0, 0.05) is 12.4 Å². The second kappa shape index (κ2) is 5.11. The van der Waals surface area contributed by atoms with Crippen molar-refractivity contribution in [3.63, 3.8) is 0 Å². The maximum absolute atomic E-state index is 5.81. The highest BCUT2D eigenvalue weighted by Crippen LogP contribution is 2.35. The van der Waals surface area contributed by atoms with Crippen LogP contribution in [0, 0.1) is 12.8 Å². The van der Waals surface area contributed by atoms with Crippen molar-refractivity contribution in [1.29, 1.82) is 0 Å². The Bertz CT molecular complexity index is 555. The molecule has 1 unspecified atom stereocenters. The molecule has 1 atom stereocenters. The molecule has 1 aromatic carbocycles. The summed E-state index contributed by atoms with van der Waals surface area (Å²) in [4.78, 5) is 4.24. The third kappa shape index (κ3) is 2.27. The first kappa shape index (κ1) is 12.3. The molecule has 3 nitrogen and oxygen atoms in total. The maximum atomic E-state index is 5.81. The zero-order chi connectivity index (χ0) is 13.2. The van der Waals surface area contributed by atoms with Crippen molar-refractivity contribution in [3.05, 3.63) is 65.0 Å². The fraction of sp³-hybridized carbons (Fsp3) is 0.312. The molecule has 0 saturated heterocycles. The summed E-state index contributed by atoms with van der Waals surface area (Å²) in [6, 6.07) is 10.9. The van der Waals surface area contributed by atoms with Crippen LogP contribution >= 0.6 is 0 Å². The number of rotatable bonds is 3. The van der Waals surface area contributed by atoms with Gasteiger partial charge in [-0.15, -0.1) is 0 Å². The molecule has 1 aliphatic rings. The number of hydrazine groups is 1. The van der Waals surface area contributed by atoms with Crippen LogP contribution in [0.2, 0.25) is 0 Å². The highest BCUT2D eigenvalue weighted by Gasteiger charge is 2.29. The SMILES string of the molecule is Cc1ccncc1C(NN)C1Cc2ccccc2C1. The average Bonchev–Trinajstić information content (AvgIpc) is 2.85. The Labute approximate surface area is 113 Å². The first-order valence-electron chi connectivity index (χ1n) is 6.73. The zero-order valence-corrected chi connectivity index (χ0v) is 11.1. The molecule has 1 aliphatic carbocycles. The number of hydrogen-bond donors (Lipinski definition) is 2. The van der Waals surface area contributed by atoms with Crippen molar-refractivity contribution in [3.8, 4) is 0 Å². The van der Waals surface area contributed by atoms with Gasteiger partial charge in [0.15, 0.2) is 0 Å². The Kier molecular flexibility index (Phi) is 3.32. The molecule has 3 heteroatoms. The van der Waals surface area contributed by atoms with E-state index in [4.69, 9.17) is 5.84 Å². The number of aryl methyl sites for hydroxylation is 1. The van der Waals surface area contributed by atoms with Crippen molar-refractivity contribution in [1.82, 2.24) is 10.4 Å². The van der Waals surface area contributed by atoms with Gasteiger partial charge in [0.05, 0.1) is 6.04 Å². The van der Waals surface area contributed by atoms with Crippen molar-refractivity contribution in [2.24, 2.45) is 11.8 Å². The highest BCUT2D eigenvalue weighted by atomic mass is 15.2. The molecule has 0 bridgehead atoms. The van der Waals surface area contributed by atoms with Gasteiger partial charge in [-0.05, 0) is 54.0 Å². The molecule has 0 amide bonds. The van der Waals surface area contributed by atoms with Gasteiger partial charge in [-0.3, -0.25) is 16.3 Å². The Morgan fingerprint density at radius 3 is 2.47 bits per heavy atom. The van der Waals surface area contributed by atoms with Gasteiger partial charge in [0.1, 0.15) is 0 Å². The molecule has 0 radical (unpaired) electrons. The van der Waals surface area contributed by atoms with E-state index in [1.165, 1.54) is 22.3 Å². The summed E-state index contributed by atoms with van der Waals surface area (Å²) in [6.45, 7) is 2.11. The summed E-state index contributed by atoms with van der Waals surface area (Å²) in [5.41, 5.74) is 8.36. The Morgan fingerprint density at radius 2 is 1.89 bits per heavy atom. The lowest BCUT2D eigenvalue weighted by atomic mass is 9.90. The topological polar surface area (TPSA) is 50.9 Å². The fourth-order valence-corrected chi connectivity index (χ4v) is 3.11. The first-order chi connectivity index (χ1) is 9.29. The number of aromatic nitrogens is 1. The minimum Gasteiger partial charge on any atom is -0.271 e. The summed E-state index contributed by atoms with van der Waals surface area (Å²) >= 11 is 0. The summed E-state index contributed by atoms with van der Waals surface area (Å²) in [5, 5.41) is 0. The van der Waals surface area contributed by atoms with E-state index in [0.717, 1.165) is 12.8 Å². The summed E-state index contributed by atoms with van der Waals surface area (Å²) < 4.78 is 0. The molecule has 3 rings (SSSR count). The van der Waals surface area contributed by atoms with E-state index in [0.29, 0.717) is 5.92 Å². The van der Waals surface area contributed by atoms with Gasteiger partial charge in [-0.2, -0.15) is 0 Å². The number of fused-ring (bicyclic) bond motifs is 1. The third-order valence-corrected chi connectivity index (χ3v) is 4.15. The van der Waals surface area contributed by atoms with E-state index in [1.807, 2.05) is 18.5 Å². The predicted octanol–water partition coefficient (Wildman–Crippen LogP) is 2.31. The standard InChI is InChI=1S/C16H19N3/c1-11-6-7-18-10-15(11)16(19-17)14-8-12-4-2-3-5-13(12)9-14/h2-7,10,14,16,19H,8-9,17H2,1H3. The third-order valence-electron chi connectivity index (χ3n) is 4.15. The van der Waals surface area contributed by atoms with Crippen molar-refractivity contribution in [2.45, 2.75) is 25.8 Å². The summed E-state index contributed by atoms with van der Waals surface area (Å²) in [7, 11) is 0. The Hall–Kier alpha value is -1.71. The van der Waals surface area contributed by atoms with Crippen LogP contribution in [0.15, 0.2) is 42.7 Å². The average molecular weight is 253 g/mol. The largest absolute Gasteiger partial charge is 0.271 e. The lowest BCUT2D eigenvalue weighted by Crippen LogP contribution is -2.34. The fourth-order valence-electron chi connectivity index (χ4n) is 3.11. The van der Waals surface area contributed by atoms with Gasteiger partial charge in [0.25, 0.3) is 0 Å². The summed E-state index contributed by atoms with van der Waals surface area (Å²) in [6.07, 6.45) is 5.93. The molecule has 0 spiro atoms. The highest BCUT2D eigenvalue weighted by molar-refractivity contribution is 5.35. The Morgan fingerprint density at radius 1 is 1.21 bits per heavy atom. The molecule has 98 valence electrons. The van der Waals surface area contributed by atoms with Crippen LogP contribution in [-0.2, 0) is 12.8 Å². The minimum absolute atomic E-state index is 0.168.